The summed E-state index contributed by atoms with van der Waals surface area (Å²) in [6, 6.07) is 0.475. The van der Waals surface area contributed by atoms with Gasteiger partial charge in [-0.15, -0.1) is 0 Å². The molecule has 108 valence electrons. The monoisotopic (exact) mass is 277 g/mol. The Hall–Kier alpha value is -0.130. The summed E-state index contributed by atoms with van der Waals surface area (Å²) in [5.74, 6) is 0.516. The standard InChI is InChI=1S/C13H27NO3S/c1-2-11-18(16,17)12-9-14(8-10-15)13-6-4-3-5-7-13/h13,15H,2-12H2,1H3. The number of aliphatic hydroxyl groups is 1. The second kappa shape index (κ2) is 8.12. The Balaban J connectivity index is 2.46. The third-order valence-electron chi connectivity index (χ3n) is 3.68. The Bertz CT molecular complexity index is 310. The topological polar surface area (TPSA) is 57.6 Å². The molecule has 1 N–H and O–H groups in total. The summed E-state index contributed by atoms with van der Waals surface area (Å²) in [5, 5.41) is 9.11. The van der Waals surface area contributed by atoms with Gasteiger partial charge in [0, 0.05) is 24.9 Å². The van der Waals surface area contributed by atoms with E-state index in [1.54, 1.807) is 0 Å². The van der Waals surface area contributed by atoms with Gasteiger partial charge in [-0.2, -0.15) is 0 Å². The predicted molar refractivity (Wildman–Crippen MR) is 74.5 cm³/mol. The van der Waals surface area contributed by atoms with Gasteiger partial charge in [-0.3, -0.25) is 4.90 Å². The fourth-order valence-electron chi connectivity index (χ4n) is 2.72. The molecule has 1 saturated carbocycles. The molecule has 0 aliphatic heterocycles. The molecule has 1 rings (SSSR count). The van der Waals surface area contributed by atoms with Crippen LogP contribution in [-0.2, 0) is 9.84 Å². The first-order valence-corrected chi connectivity index (χ1v) is 8.96. The number of aliphatic hydroxyl groups excluding tert-OH is 1. The molecule has 0 heterocycles. The zero-order valence-corrected chi connectivity index (χ0v) is 12.3. The summed E-state index contributed by atoms with van der Waals surface area (Å²) in [6.45, 7) is 3.19. The van der Waals surface area contributed by atoms with Crippen LogP contribution >= 0.6 is 0 Å². The van der Waals surface area contributed by atoms with Crippen molar-refractivity contribution in [2.24, 2.45) is 0 Å². The molecule has 5 heteroatoms. The van der Waals surface area contributed by atoms with Crippen LogP contribution in [0.2, 0.25) is 0 Å². The quantitative estimate of drug-likeness (QED) is 0.729. The SMILES string of the molecule is CCCS(=O)(=O)CCN(CCO)C1CCCCC1. The zero-order chi connectivity index (χ0) is 13.4. The largest absolute Gasteiger partial charge is 0.395 e. The van der Waals surface area contributed by atoms with E-state index in [9.17, 15) is 8.42 Å². The van der Waals surface area contributed by atoms with Crippen LogP contribution in [0, 0.1) is 0 Å². The molecule has 0 radical (unpaired) electrons. The molecule has 0 aromatic rings. The van der Waals surface area contributed by atoms with Crippen molar-refractivity contribution >= 4 is 9.84 Å². The van der Waals surface area contributed by atoms with Crippen molar-refractivity contribution in [3.05, 3.63) is 0 Å². The van der Waals surface area contributed by atoms with Gasteiger partial charge < -0.3 is 5.11 Å². The Morgan fingerprint density at radius 2 is 1.78 bits per heavy atom. The lowest BCUT2D eigenvalue weighted by Gasteiger charge is -2.33. The minimum absolute atomic E-state index is 0.115. The average molecular weight is 277 g/mol. The Morgan fingerprint density at radius 3 is 2.33 bits per heavy atom. The molecule has 18 heavy (non-hydrogen) atoms. The highest BCUT2D eigenvalue weighted by Crippen LogP contribution is 2.22. The fraction of sp³-hybridized carbons (Fsp3) is 1.00. The van der Waals surface area contributed by atoms with E-state index in [1.165, 1.54) is 19.3 Å². The maximum Gasteiger partial charge on any atom is 0.151 e. The highest BCUT2D eigenvalue weighted by molar-refractivity contribution is 7.91. The van der Waals surface area contributed by atoms with Gasteiger partial charge in [-0.1, -0.05) is 26.2 Å². The third kappa shape index (κ3) is 5.67. The molecule has 0 atom stereocenters. The Kier molecular flexibility index (Phi) is 7.19. The Morgan fingerprint density at radius 1 is 1.11 bits per heavy atom. The minimum Gasteiger partial charge on any atom is -0.395 e. The van der Waals surface area contributed by atoms with Crippen molar-refractivity contribution in [2.75, 3.05) is 31.2 Å². The van der Waals surface area contributed by atoms with Crippen molar-refractivity contribution in [3.63, 3.8) is 0 Å². The third-order valence-corrected chi connectivity index (χ3v) is 5.52. The number of rotatable bonds is 8. The first-order chi connectivity index (χ1) is 8.59. The molecule has 0 amide bonds. The maximum atomic E-state index is 11.7. The van der Waals surface area contributed by atoms with Crippen molar-refractivity contribution in [1.29, 1.82) is 0 Å². The predicted octanol–water partition coefficient (Wildman–Crippen LogP) is 1.44. The van der Waals surface area contributed by atoms with Crippen LogP contribution in [0.3, 0.4) is 0 Å². The molecule has 4 nitrogen and oxygen atoms in total. The van der Waals surface area contributed by atoms with E-state index in [0.29, 0.717) is 25.6 Å². The zero-order valence-electron chi connectivity index (χ0n) is 11.5. The van der Waals surface area contributed by atoms with Gasteiger partial charge in [-0.05, 0) is 19.3 Å². The van der Waals surface area contributed by atoms with E-state index >= 15 is 0 Å². The normalized spacial score (nSPS) is 18.4. The molecule has 1 aliphatic carbocycles. The van der Waals surface area contributed by atoms with Crippen molar-refractivity contribution in [1.82, 2.24) is 4.90 Å². The molecule has 0 saturated heterocycles. The summed E-state index contributed by atoms with van der Waals surface area (Å²) < 4.78 is 23.5. The van der Waals surface area contributed by atoms with E-state index in [2.05, 4.69) is 4.90 Å². The van der Waals surface area contributed by atoms with E-state index in [4.69, 9.17) is 5.11 Å². The Labute approximate surface area is 111 Å². The van der Waals surface area contributed by atoms with Gasteiger partial charge in [0.2, 0.25) is 0 Å². The van der Waals surface area contributed by atoms with Crippen LogP contribution in [-0.4, -0.2) is 55.7 Å². The highest BCUT2D eigenvalue weighted by atomic mass is 32.2. The summed E-state index contributed by atoms with van der Waals surface area (Å²) >= 11 is 0. The van der Waals surface area contributed by atoms with Crippen LogP contribution in [0.4, 0.5) is 0 Å². The second-order valence-electron chi connectivity index (χ2n) is 5.20. The van der Waals surface area contributed by atoms with Gasteiger partial charge >= 0.3 is 0 Å². The van der Waals surface area contributed by atoms with Crippen LogP contribution in [0.1, 0.15) is 45.4 Å². The number of nitrogens with zero attached hydrogens (tertiary/aromatic N) is 1. The molecule has 1 fully saturated rings. The first-order valence-electron chi connectivity index (χ1n) is 7.14. The fourth-order valence-corrected chi connectivity index (χ4v) is 4.06. The average Bonchev–Trinajstić information content (AvgIpc) is 2.35. The molecule has 0 aromatic heterocycles. The molecule has 0 bridgehead atoms. The molecule has 0 unspecified atom stereocenters. The molecular formula is C13H27NO3S. The lowest BCUT2D eigenvalue weighted by molar-refractivity contribution is 0.131. The molecular weight excluding hydrogens is 250 g/mol. The van der Waals surface area contributed by atoms with Gasteiger partial charge in [0.05, 0.1) is 12.4 Å². The molecule has 0 aromatic carbocycles. The summed E-state index contributed by atoms with van der Waals surface area (Å²) in [7, 11) is -2.91. The van der Waals surface area contributed by atoms with Gasteiger partial charge in [0.25, 0.3) is 0 Å². The number of hydrogen-bond donors (Lipinski definition) is 1. The molecule has 1 aliphatic rings. The van der Waals surface area contributed by atoms with E-state index < -0.39 is 9.84 Å². The lowest BCUT2D eigenvalue weighted by Crippen LogP contribution is -2.41. The lowest BCUT2D eigenvalue weighted by atomic mass is 9.94. The van der Waals surface area contributed by atoms with Crippen LogP contribution in [0.15, 0.2) is 0 Å². The maximum absolute atomic E-state index is 11.7. The minimum atomic E-state index is -2.91. The summed E-state index contributed by atoms with van der Waals surface area (Å²) in [5.41, 5.74) is 0. The van der Waals surface area contributed by atoms with E-state index in [1.807, 2.05) is 6.92 Å². The smallest absolute Gasteiger partial charge is 0.151 e. The second-order valence-corrected chi connectivity index (χ2v) is 7.51. The number of hydrogen-bond acceptors (Lipinski definition) is 4. The van der Waals surface area contributed by atoms with Crippen molar-refractivity contribution < 1.29 is 13.5 Å². The van der Waals surface area contributed by atoms with Gasteiger partial charge in [-0.25, -0.2) is 8.42 Å². The first kappa shape index (κ1) is 15.9. The highest BCUT2D eigenvalue weighted by Gasteiger charge is 2.22. The summed E-state index contributed by atoms with van der Waals surface area (Å²) in [6.07, 6.45) is 6.73. The van der Waals surface area contributed by atoms with Gasteiger partial charge in [0.1, 0.15) is 0 Å². The van der Waals surface area contributed by atoms with Crippen LogP contribution in [0.5, 0.6) is 0 Å². The summed E-state index contributed by atoms with van der Waals surface area (Å²) in [4.78, 5) is 2.17. The van der Waals surface area contributed by atoms with E-state index in [-0.39, 0.29) is 18.1 Å². The van der Waals surface area contributed by atoms with Crippen molar-refractivity contribution in [2.45, 2.75) is 51.5 Å². The molecule has 0 spiro atoms. The van der Waals surface area contributed by atoms with Crippen LogP contribution in [0.25, 0.3) is 0 Å². The van der Waals surface area contributed by atoms with Crippen molar-refractivity contribution in [3.8, 4) is 0 Å². The number of sulfone groups is 1. The van der Waals surface area contributed by atoms with Gasteiger partial charge in [0.15, 0.2) is 9.84 Å². The van der Waals surface area contributed by atoms with E-state index in [0.717, 1.165) is 12.8 Å². The van der Waals surface area contributed by atoms with Crippen LogP contribution < -0.4 is 0 Å².